The van der Waals surface area contributed by atoms with Crippen molar-refractivity contribution < 1.29 is 124 Å². The number of unbranched alkanes of at least 4 members (excludes halogenated alkanes) is 1. The van der Waals surface area contributed by atoms with E-state index in [-0.39, 0.29) is 0 Å². The van der Waals surface area contributed by atoms with Gasteiger partial charge in [-0.3, -0.25) is 9.59 Å². The number of halogens is 26. The molecule has 0 aromatic rings. The molecule has 0 rings (SSSR count). The molecule has 286 valence electrons. The highest BCUT2D eigenvalue weighted by atomic mass is 19.4. The van der Waals surface area contributed by atoms with Crippen molar-refractivity contribution in [3.8, 4) is 0 Å². The summed E-state index contributed by atoms with van der Waals surface area (Å²) in [5, 5.41) is 0.888. The normalized spacial score (nSPS) is 15.8. The lowest BCUT2D eigenvalue weighted by atomic mass is 9.93. The van der Waals surface area contributed by atoms with Crippen LogP contribution in [0.3, 0.4) is 0 Å². The lowest BCUT2D eigenvalue weighted by Crippen LogP contribution is -2.72. The number of hydrogen-bond acceptors (Lipinski definition) is 2. The molecule has 0 aromatic carbocycles. The maximum Gasteiger partial charge on any atom is 0.460 e. The van der Waals surface area contributed by atoms with Gasteiger partial charge in [0.25, 0.3) is 11.8 Å². The number of alkyl halides is 26. The summed E-state index contributed by atoms with van der Waals surface area (Å²) in [7, 11) is 0. The monoisotopic (exact) mass is 780 g/mol. The molecular weight excluding hydrogens is 770 g/mol. The maximum absolute atomic E-state index is 13.6. The van der Waals surface area contributed by atoms with E-state index in [4.69, 9.17) is 0 Å². The highest BCUT2D eigenvalue weighted by Gasteiger charge is 2.93. The highest BCUT2D eigenvalue weighted by Crippen LogP contribution is 2.61. The first kappa shape index (κ1) is 45.1. The molecule has 0 aliphatic heterocycles. The first-order chi connectivity index (χ1) is 20.5. The molecule has 0 fully saturated rings. The molecule has 0 saturated carbocycles. The molecule has 0 spiro atoms. The Balaban J connectivity index is 5.62. The lowest BCUT2D eigenvalue weighted by molar-refractivity contribution is -0.436. The summed E-state index contributed by atoms with van der Waals surface area (Å²) in [5.74, 6) is -88.2. The van der Waals surface area contributed by atoms with E-state index in [1.54, 1.807) is 0 Å². The standard InChI is InChI=1S/C18H10F26N2O2/c19-7(20,9(23,24)11(27,28)13(31,32)15(35,36)17(39,40)41)5(47)45-3-1-2-4-46-6(48)8(21,22)10(25,26)12(29,30)14(33,34)16(37,38)18(42,43)44/h1-4H2,(H,45,47)(H,46,48). The van der Waals surface area contributed by atoms with Crippen LogP contribution in [0.5, 0.6) is 0 Å². The molecule has 0 heterocycles. The second kappa shape index (κ2) is 12.5. The largest absolute Gasteiger partial charge is 0.460 e. The average Bonchev–Trinajstić information content (AvgIpc) is 2.87. The van der Waals surface area contributed by atoms with Crippen LogP contribution in [-0.2, 0) is 9.59 Å². The van der Waals surface area contributed by atoms with Crippen molar-refractivity contribution in [1.82, 2.24) is 10.6 Å². The predicted octanol–water partition coefficient (Wildman–Crippen LogP) is 7.48. The van der Waals surface area contributed by atoms with Gasteiger partial charge < -0.3 is 10.6 Å². The third-order valence-electron chi connectivity index (χ3n) is 5.61. The zero-order valence-electron chi connectivity index (χ0n) is 21.5. The summed E-state index contributed by atoms with van der Waals surface area (Å²) in [6.45, 7) is -3.44. The number of hydrogen-bond donors (Lipinski definition) is 2. The maximum atomic E-state index is 13.6. The van der Waals surface area contributed by atoms with E-state index < -0.39 is 109 Å². The van der Waals surface area contributed by atoms with E-state index in [9.17, 15) is 124 Å². The Labute approximate surface area is 245 Å². The molecule has 2 N–H and O–H groups in total. The van der Waals surface area contributed by atoms with Crippen LogP contribution in [-0.4, -0.2) is 96.5 Å². The minimum absolute atomic E-state index is 0.444. The molecule has 30 heteroatoms. The average molecular weight is 780 g/mol. The van der Waals surface area contributed by atoms with Crippen LogP contribution >= 0.6 is 0 Å². The van der Waals surface area contributed by atoms with Gasteiger partial charge in [-0.05, 0) is 12.8 Å². The summed E-state index contributed by atoms with van der Waals surface area (Å²) >= 11 is 0. The number of nitrogens with one attached hydrogen (secondary N) is 2. The van der Waals surface area contributed by atoms with Crippen molar-refractivity contribution in [2.75, 3.05) is 13.1 Å². The summed E-state index contributed by atoms with van der Waals surface area (Å²) in [6, 6.07) is 0. The van der Waals surface area contributed by atoms with Crippen molar-refractivity contribution in [1.29, 1.82) is 0 Å². The van der Waals surface area contributed by atoms with Crippen molar-refractivity contribution in [3.63, 3.8) is 0 Å². The van der Waals surface area contributed by atoms with Gasteiger partial charge in [-0.2, -0.15) is 114 Å². The van der Waals surface area contributed by atoms with E-state index in [1.165, 1.54) is 0 Å². The zero-order valence-corrected chi connectivity index (χ0v) is 21.5. The van der Waals surface area contributed by atoms with Gasteiger partial charge in [-0.15, -0.1) is 0 Å². The molecule has 0 unspecified atom stereocenters. The van der Waals surface area contributed by atoms with Gasteiger partial charge in [0.2, 0.25) is 0 Å². The molecule has 0 atom stereocenters. The van der Waals surface area contributed by atoms with Gasteiger partial charge in [-0.1, -0.05) is 0 Å². The third-order valence-corrected chi connectivity index (χ3v) is 5.61. The Hall–Kier alpha value is -2.88. The highest BCUT2D eigenvalue weighted by molar-refractivity contribution is 5.85. The van der Waals surface area contributed by atoms with Gasteiger partial charge in [0, 0.05) is 13.1 Å². The Bertz CT molecular complexity index is 1080. The third kappa shape index (κ3) is 6.54. The van der Waals surface area contributed by atoms with Crippen LogP contribution < -0.4 is 10.6 Å². The van der Waals surface area contributed by atoms with Crippen LogP contribution in [0.15, 0.2) is 0 Å². The number of carbonyl (C=O) groups is 2. The molecule has 2 amide bonds. The van der Waals surface area contributed by atoms with Crippen LogP contribution in [0.25, 0.3) is 0 Å². The van der Waals surface area contributed by atoms with E-state index in [0.29, 0.717) is 10.6 Å². The molecule has 0 aliphatic carbocycles. The molecule has 0 saturated heterocycles. The van der Waals surface area contributed by atoms with Gasteiger partial charge in [0.1, 0.15) is 0 Å². The van der Waals surface area contributed by atoms with Crippen molar-refractivity contribution in [3.05, 3.63) is 0 Å². The van der Waals surface area contributed by atoms with Crippen LogP contribution in [0.2, 0.25) is 0 Å². The fraction of sp³-hybridized carbons (Fsp3) is 0.889. The molecule has 4 nitrogen and oxygen atoms in total. The van der Waals surface area contributed by atoms with E-state index >= 15 is 0 Å². The van der Waals surface area contributed by atoms with Gasteiger partial charge in [-0.25, -0.2) is 0 Å². The number of rotatable bonds is 15. The summed E-state index contributed by atoms with van der Waals surface area (Å²) in [4.78, 5) is 22.4. The quantitative estimate of drug-likeness (QED) is 0.134. The molecule has 0 radical (unpaired) electrons. The van der Waals surface area contributed by atoms with E-state index in [0.717, 1.165) is 0 Å². The Kier molecular flexibility index (Phi) is 11.7. The van der Waals surface area contributed by atoms with Crippen LogP contribution in [0, 0.1) is 0 Å². The Morgan fingerprint density at radius 2 is 0.500 bits per heavy atom. The topological polar surface area (TPSA) is 58.2 Å². The Morgan fingerprint density at radius 1 is 0.312 bits per heavy atom. The molecule has 0 aromatic heterocycles. The fourth-order valence-corrected chi connectivity index (χ4v) is 2.70. The SMILES string of the molecule is O=C(NCCCCNC(=O)C(F)(F)C(F)(F)C(F)(F)C(F)(F)C(F)(F)C(F)(F)F)C(F)(F)C(F)(F)C(F)(F)C(F)(F)C(F)(F)C(F)(F)F. The van der Waals surface area contributed by atoms with Crippen molar-refractivity contribution in [2.45, 2.75) is 84.4 Å². The first-order valence-corrected chi connectivity index (χ1v) is 11.0. The minimum atomic E-state index is -8.37. The van der Waals surface area contributed by atoms with E-state index in [1.807, 2.05) is 0 Å². The van der Waals surface area contributed by atoms with Crippen LogP contribution in [0.4, 0.5) is 114 Å². The molecule has 0 aliphatic rings. The summed E-state index contributed by atoms with van der Waals surface area (Å²) in [5.41, 5.74) is 0. The Morgan fingerprint density at radius 3 is 0.688 bits per heavy atom. The second-order valence-electron chi connectivity index (χ2n) is 8.96. The predicted molar refractivity (Wildman–Crippen MR) is 96.8 cm³/mol. The summed E-state index contributed by atoms with van der Waals surface area (Å²) in [6.07, 6.45) is -18.1. The molecule has 0 bridgehead atoms. The smallest absolute Gasteiger partial charge is 0.351 e. The first-order valence-electron chi connectivity index (χ1n) is 11.0. The van der Waals surface area contributed by atoms with Crippen LogP contribution in [0.1, 0.15) is 12.8 Å². The van der Waals surface area contributed by atoms with Crippen molar-refractivity contribution >= 4 is 11.8 Å². The minimum Gasteiger partial charge on any atom is -0.351 e. The van der Waals surface area contributed by atoms with Gasteiger partial charge in [0.05, 0.1) is 0 Å². The van der Waals surface area contributed by atoms with E-state index in [2.05, 4.69) is 0 Å². The molecule has 48 heavy (non-hydrogen) atoms. The number of amides is 2. The lowest BCUT2D eigenvalue weighted by Gasteiger charge is -2.39. The summed E-state index contributed by atoms with van der Waals surface area (Å²) < 4.78 is 338. The number of carbonyl (C=O) groups excluding carboxylic acids is 2. The van der Waals surface area contributed by atoms with Gasteiger partial charge in [0.15, 0.2) is 0 Å². The zero-order chi connectivity index (χ0) is 39.4. The van der Waals surface area contributed by atoms with Gasteiger partial charge >= 0.3 is 71.6 Å². The molecular formula is C18H10F26N2O2. The second-order valence-corrected chi connectivity index (χ2v) is 8.96. The van der Waals surface area contributed by atoms with Crippen molar-refractivity contribution in [2.24, 2.45) is 0 Å². The fourth-order valence-electron chi connectivity index (χ4n) is 2.70.